The summed E-state index contributed by atoms with van der Waals surface area (Å²) in [7, 11) is 0. The van der Waals surface area contributed by atoms with Gasteiger partial charge in [0.05, 0.1) is 6.54 Å². The van der Waals surface area contributed by atoms with E-state index in [1.165, 1.54) is 0 Å². The van der Waals surface area contributed by atoms with Crippen LogP contribution < -0.4 is 0 Å². The van der Waals surface area contributed by atoms with E-state index in [9.17, 15) is 0 Å². The maximum Gasteiger partial charge on any atom is 0.241 e. The molecule has 0 bridgehead atoms. The van der Waals surface area contributed by atoms with Crippen LogP contribution in [0.4, 0.5) is 0 Å². The lowest BCUT2D eigenvalue weighted by molar-refractivity contribution is 0.252. The number of hydrogen-bond donors (Lipinski definition) is 0. The molecular formula is C14H18N4O. The number of likely N-dealkylation sites (N-methyl/N-ethyl adjacent to an activating group) is 1. The smallest absolute Gasteiger partial charge is 0.241 e. The van der Waals surface area contributed by atoms with Crippen LogP contribution in [0.2, 0.25) is 0 Å². The molecule has 2 aromatic heterocycles. The fourth-order valence-electron chi connectivity index (χ4n) is 1.77. The molecule has 0 N–H and O–H groups in total. The minimum atomic E-state index is 0.530. The highest BCUT2D eigenvalue weighted by atomic mass is 16.5. The van der Waals surface area contributed by atoms with Crippen molar-refractivity contribution in [3.8, 4) is 11.5 Å². The number of hydrogen-bond acceptors (Lipinski definition) is 5. The summed E-state index contributed by atoms with van der Waals surface area (Å²) in [6.07, 6.45) is 1.71. The van der Waals surface area contributed by atoms with E-state index < -0.39 is 0 Å². The Bertz CT molecular complexity index is 535. The number of aromatic nitrogens is 3. The van der Waals surface area contributed by atoms with Crippen molar-refractivity contribution >= 4 is 0 Å². The largest absolute Gasteiger partial charge is 0.337 e. The Morgan fingerprint density at radius 1 is 1.42 bits per heavy atom. The molecule has 100 valence electrons. The molecule has 0 aliphatic carbocycles. The molecule has 0 saturated carbocycles. The van der Waals surface area contributed by atoms with Crippen LogP contribution in [0.3, 0.4) is 0 Å². The van der Waals surface area contributed by atoms with Crippen molar-refractivity contribution in [3.05, 3.63) is 42.4 Å². The Kier molecular flexibility index (Phi) is 4.41. The SMILES string of the molecule is C=C(C)CN(CC)Cc1nc(-c2ccccn2)no1. The van der Waals surface area contributed by atoms with E-state index in [1.54, 1.807) is 6.20 Å². The van der Waals surface area contributed by atoms with Crippen molar-refractivity contribution in [3.63, 3.8) is 0 Å². The third-order valence-corrected chi connectivity index (χ3v) is 2.66. The van der Waals surface area contributed by atoms with Gasteiger partial charge in [0.1, 0.15) is 5.69 Å². The molecule has 0 saturated heterocycles. The molecule has 0 atom stereocenters. The summed E-state index contributed by atoms with van der Waals surface area (Å²) < 4.78 is 5.26. The number of pyridine rings is 1. The number of rotatable bonds is 6. The summed E-state index contributed by atoms with van der Waals surface area (Å²) in [6.45, 7) is 10.4. The van der Waals surface area contributed by atoms with E-state index in [4.69, 9.17) is 4.52 Å². The van der Waals surface area contributed by atoms with Gasteiger partial charge in [-0.15, -0.1) is 0 Å². The first-order chi connectivity index (χ1) is 9.19. The maximum absolute atomic E-state index is 5.26. The average Bonchev–Trinajstić information content (AvgIpc) is 2.87. The zero-order valence-corrected chi connectivity index (χ0v) is 11.3. The molecule has 2 heterocycles. The zero-order chi connectivity index (χ0) is 13.7. The fraction of sp³-hybridized carbons (Fsp3) is 0.357. The quantitative estimate of drug-likeness (QED) is 0.745. The van der Waals surface area contributed by atoms with Crippen LogP contribution in [0.5, 0.6) is 0 Å². The van der Waals surface area contributed by atoms with E-state index in [2.05, 4.69) is 33.5 Å². The highest BCUT2D eigenvalue weighted by Gasteiger charge is 2.12. The van der Waals surface area contributed by atoms with Crippen LogP contribution in [-0.2, 0) is 6.54 Å². The first kappa shape index (κ1) is 13.4. The van der Waals surface area contributed by atoms with Gasteiger partial charge >= 0.3 is 0 Å². The third kappa shape index (κ3) is 3.72. The Hall–Kier alpha value is -2.01. The van der Waals surface area contributed by atoms with Crippen molar-refractivity contribution < 1.29 is 4.52 Å². The number of nitrogens with zero attached hydrogens (tertiary/aromatic N) is 4. The van der Waals surface area contributed by atoms with Gasteiger partial charge in [0, 0.05) is 12.7 Å². The molecule has 0 aromatic carbocycles. The van der Waals surface area contributed by atoms with Gasteiger partial charge in [-0.05, 0) is 25.6 Å². The topological polar surface area (TPSA) is 55.1 Å². The summed E-state index contributed by atoms with van der Waals surface area (Å²) in [6, 6.07) is 5.62. The van der Waals surface area contributed by atoms with Crippen molar-refractivity contribution in [1.29, 1.82) is 0 Å². The van der Waals surface area contributed by atoms with Crippen LogP contribution in [0, 0.1) is 0 Å². The molecule has 2 aromatic rings. The van der Waals surface area contributed by atoms with Crippen LogP contribution in [-0.4, -0.2) is 33.1 Å². The first-order valence-corrected chi connectivity index (χ1v) is 6.29. The summed E-state index contributed by atoms with van der Waals surface area (Å²) in [5, 5.41) is 3.96. The Labute approximate surface area is 113 Å². The minimum Gasteiger partial charge on any atom is -0.337 e. The highest BCUT2D eigenvalue weighted by molar-refractivity contribution is 5.46. The monoisotopic (exact) mass is 258 g/mol. The summed E-state index contributed by atoms with van der Waals surface area (Å²) in [5.74, 6) is 1.13. The van der Waals surface area contributed by atoms with Crippen molar-refractivity contribution in [1.82, 2.24) is 20.0 Å². The lowest BCUT2D eigenvalue weighted by Gasteiger charge is -2.17. The predicted octanol–water partition coefficient (Wildman–Crippen LogP) is 2.53. The highest BCUT2D eigenvalue weighted by Crippen LogP contribution is 2.13. The Morgan fingerprint density at radius 2 is 2.26 bits per heavy atom. The second kappa shape index (κ2) is 6.24. The second-order valence-corrected chi connectivity index (χ2v) is 4.49. The molecule has 0 spiro atoms. The molecule has 0 fully saturated rings. The molecule has 0 radical (unpaired) electrons. The Balaban J connectivity index is 2.07. The summed E-state index contributed by atoms with van der Waals surface area (Å²) >= 11 is 0. The minimum absolute atomic E-state index is 0.530. The lowest BCUT2D eigenvalue weighted by atomic mass is 10.3. The molecular weight excluding hydrogens is 240 g/mol. The molecule has 0 amide bonds. The summed E-state index contributed by atoms with van der Waals surface area (Å²) in [5.41, 5.74) is 1.84. The molecule has 5 nitrogen and oxygen atoms in total. The molecule has 0 aliphatic rings. The van der Waals surface area contributed by atoms with Gasteiger partial charge in [-0.2, -0.15) is 4.98 Å². The van der Waals surface area contributed by atoms with Gasteiger partial charge in [0.15, 0.2) is 0 Å². The van der Waals surface area contributed by atoms with Gasteiger partial charge < -0.3 is 4.52 Å². The van der Waals surface area contributed by atoms with Gasteiger partial charge in [0.25, 0.3) is 0 Å². The molecule has 5 heteroatoms. The van der Waals surface area contributed by atoms with E-state index in [1.807, 2.05) is 25.1 Å². The lowest BCUT2D eigenvalue weighted by Crippen LogP contribution is -2.24. The van der Waals surface area contributed by atoms with E-state index in [-0.39, 0.29) is 0 Å². The second-order valence-electron chi connectivity index (χ2n) is 4.49. The first-order valence-electron chi connectivity index (χ1n) is 6.29. The third-order valence-electron chi connectivity index (χ3n) is 2.66. The zero-order valence-electron chi connectivity index (χ0n) is 11.3. The fourth-order valence-corrected chi connectivity index (χ4v) is 1.77. The standard InChI is InChI=1S/C14H18N4O/c1-4-18(9-11(2)3)10-13-16-14(17-19-13)12-7-5-6-8-15-12/h5-8H,2,4,9-10H2,1,3H3. The van der Waals surface area contributed by atoms with Gasteiger partial charge in [-0.25, -0.2) is 0 Å². The van der Waals surface area contributed by atoms with Crippen LogP contribution in [0.1, 0.15) is 19.7 Å². The predicted molar refractivity (Wildman–Crippen MR) is 73.3 cm³/mol. The van der Waals surface area contributed by atoms with Crippen LogP contribution in [0.15, 0.2) is 41.1 Å². The van der Waals surface area contributed by atoms with E-state index >= 15 is 0 Å². The van der Waals surface area contributed by atoms with E-state index in [0.717, 1.165) is 24.4 Å². The van der Waals surface area contributed by atoms with E-state index in [0.29, 0.717) is 18.3 Å². The summed E-state index contributed by atoms with van der Waals surface area (Å²) in [4.78, 5) is 10.8. The average molecular weight is 258 g/mol. The maximum atomic E-state index is 5.26. The van der Waals surface area contributed by atoms with Gasteiger partial charge in [-0.1, -0.05) is 30.3 Å². The van der Waals surface area contributed by atoms with Crippen molar-refractivity contribution in [2.45, 2.75) is 20.4 Å². The van der Waals surface area contributed by atoms with Crippen molar-refractivity contribution in [2.24, 2.45) is 0 Å². The van der Waals surface area contributed by atoms with Gasteiger partial charge in [-0.3, -0.25) is 9.88 Å². The van der Waals surface area contributed by atoms with Gasteiger partial charge in [0.2, 0.25) is 11.7 Å². The normalized spacial score (nSPS) is 10.9. The molecule has 2 rings (SSSR count). The molecule has 19 heavy (non-hydrogen) atoms. The Morgan fingerprint density at radius 3 is 2.89 bits per heavy atom. The molecule has 0 unspecified atom stereocenters. The van der Waals surface area contributed by atoms with Crippen LogP contribution in [0.25, 0.3) is 11.5 Å². The van der Waals surface area contributed by atoms with Crippen LogP contribution >= 0.6 is 0 Å². The molecule has 0 aliphatic heterocycles. The van der Waals surface area contributed by atoms with Crippen molar-refractivity contribution in [2.75, 3.05) is 13.1 Å².